The van der Waals surface area contributed by atoms with Crippen molar-refractivity contribution in [3.63, 3.8) is 0 Å². The molecule has 0 unspecified atom stereocenters. The van der Waals surface area contributed by atoms with Gasteiger partial charge in [-0.25, -0.2) is 9.59 Å². The van der Waals surface area contributed by atoms with Gasteiger partial charge in [0.25, 0.3) is 0 Å². The highest BCUT2D eigenvalue weighted by Crippen LogP contribution is 2.43. The van der Waals surface area contributed by atoms with Crippen molar-refractivity contribution in [1.82, 2.24) is 0 Å². The first-order chi connectivity index (χ1) is 17.9. The number of methoxy groups -OCH3 is 2. The van der Waals surface area contributed by atoms with Gasteiger partial charge in [-0.1, -0.05) is 0 Å². The highest BCUT2D eigenvalue weighted by atomic mass is 32.1. The highest BCUT2D eigenvalue weighted by Gasteiger charge is 2.67. The third-order valence-electron chi connectivity index (χ3n) is 6.54. The van der Waals surface area contributed by atoms with Crippen LogP contribution in [0.4, 0.5) is 27.6 Å². The van der Waals surface area contributed by atoms with E-state index in [4.69, 9.17) is 9.47 Å². The van der Waals surface area contributed by atoms with Crippen molar-refractivity contribution in [1.29, 1.82) is 0 Å². The second-order valence-corrected chi connectivity index (χ2v) is 11.1. The fourth-order valence-electron chi connectivity index (χ4n) is 4.59. The van der Waals surface area contributed by atoms with E-state index in [1.165, 1.54) is 0 Å². The second kappa shape index (κ2) is 10.6. The minimum Gasteiger partial charge on any atom is -0.465 e. The van der Waals surface area contributed by atoms with E-state index in [1.54, 1.807) is 10.6 Å². The van der Waals surface area contributed by atoms with Gasteiger partial charge >= 0.3 is 35.6 Å². The Labute approximate surface area is 222 Å². The zero-order valence-electron chi connectivity index (χ0n) is 20.4. The van der Waals surface area contributed by atoms with Crippen LogP contribution in [0.5, 0.6) is 0 Å². The van der Waals surface area contributed by atoms with Gasteiger partial charge in [-0.15, -0.1) is 22.7 Å². The molecule has 0 fully saturated rings. The smallest absolute Gasteiger partial charge is 0.396 e. The number of nitrogens with one attached hydrogen (secondary N) is 2. The lowest BCUT2D eigenvalue weighted by Gasteiger charge is -2.24. The first-order valence-corrected chi connectivity index (χ1v) is 13.4. The van der Waals surface area contributed by atoms with Crippen molar-refractivity contribution in [2.45, 2.75) is 63.2 Å². The standard InChI is InChI=1S/C24H24F4N2O6S2/c1-35-19(31)15-11-7-3-5-9-13(11)37-17(15)29-21(33)23(25,26)24(27,28)22(34)30-18-16(20(32)36-2)12-8-4-6-10-14(12)38-18/h3-10H2,1-2H3,(H,29,33)(H,30,34). The summed E-state index contributed by atoms with van der Waals surface area (Å²) in [7, 11) is 2.14. The van der Waals surface area contributed by atoms with E-state index in [2.05, 4.69) is 0 Å². The van der Waals surface area contributed by atoms with Gasteiger partial charge in [0.1, 0.15) is 10.0 Å². The molecule has 2 heterocycles. The van der Waals surface area contributed by atoms with Crippen LogP contribution in [-0.4, -0.2) is 49.8 Å². The molecule has 8 nitrogen and oxygen atoms in total. The maximum absolute atomic E-state index is 14.9. The van der Waals surface area contributed by atoms with E-state index in [0.717, 1.165) is 62.6 Å². The number of fused-ring (bicyclic) bond motifs is 2. The summed E-state index contributed by atoms with van der Waals surface area (Å²) in [6, 6.07) is 0. The molecule has 0 aromatic carbocycles. The Hall–Kier alpha value is -3.00. The van der Waals surface area contributed by atoms with Crippen LogP contribution in [-0.2, 0) is 44.7 Å². The highest BCUT2D eigenvalue weighted by molar-refractivity contribution is 7.17. The Morgan fingerprint density at radius 3 is 1.34 bits per heavy atom. The molecule has 0 saturated heterocycles. The van der Waals surface area contributed by atoms with Crippen molar-refractivity contribution in [2.75, 3.05) is 24.9 Å². The summed E-state index contributed by atoms with van der Waals surface area (Å²) in [6.45, 7) is 0. The number of hydrogen-bond donors (Lipinski definition) is 2. The molecule has 2 aromatic heterocycles. The molecule has 0 saturated carbocycles. The first-order valence-electron chi connectivity index (χ1n) is 11.8. The molecule has 14 heteroatoms. The van der Waals surface area contributed by atoms with Crippen molar-refractivity contribution < 1.29 is 46.2 Å². The van der Waals surface area contributed by atoms with E-state index in [9.17, 15) is 36.7 Å². The fourth-order valence-corrected chi connectivity index (χ4v) is 7.14. The third-order valence-corrected chi connectivity index (χ3v) is 8.95. The number of halogens is 4. The minimum absolute atomic E-state index is 0.156. The summed E-state index contributed by atoms with van der Waals surface area (Å²) >= 11 is 1.67. The Morgan fingerprint density at radius 2 is 1.00 bits per heavy atom. The van der Waals surface area contributed by atoms with Gasteiger partial charge in [-0.05, 0) is 62.5 Å². The van der Waals surface area contributed by atoms with Gasteiger partial charge < -0.3 is 20.1 Å². The average Bonchev–Trinajstić information content (AvgIpc) is 3.44. The van der Waals surface area contributed by atoms with Gasteiger partial charge in [0.05, 0.1) is 25.3 Å². The number of carbonyl (C=O) groups excluding carboxylic acids is 4. The second-order valence-electron chi connectivity index (χ2n) is 8.87. The summed E-state index contributed by atoms with van der Waals surface area (Å²) in [5.74, 6) is -17.7. The van der Waals surface area contributed by atoms with Crippen LogP contribution in [0.25, 0.3) is 0 Å². The zero-order valence-corrected chi connectivity index (χ0v) is 22.1. The van der Waals surface area contributed by atoms with Crippen LogP contribution in [0.2, 0.25) is 0 Å². The molecule has 38 heavy (non-hydrogen) atoms. The normalized spacial score (nSPS) is 15.2. The average molecular weight is 577 g/mol. The number of thiophene rings is 2. The van der Waals surface area contributed by atoms with Gasteiger partial charge in [0, 0.05) is 9.75 Å². The molecular weight excluding hydrogens is 552 g/mol. The number of hydrogen-bond acceptors (Lipinski definition) is 8. The largest absolute Gasteiger partial charge is 0.465 e. The number of alkyl halides is 4. The van der Waals surface area contributed by atoms with E-state index in [1.807, 2.05) is 0 Å². The monoisotopic (exact) mass is 576 g/mol. The number of aryl methyl sites for hydroxylation is 2. The molecule has 2 aliphatic carbocycles. The number of ether oxygens (including phenoxy) is 2. The number of anilines is 2. The van der Waals surface area contributed by atoms with Crippen LogP contribution < -0.4 is 10.6 Å². The molecule has 206 valence electrons. The minimum atomic E-state index is -5.50. The Kier molecular flexibility index (Phi) is 7.84. The summed E-state index contributed by atoms with van der Waals surface area (Å²) < 4.78 is 68.8. The lowest BCUT2D eigenvalue weighted by atomic mass is 9.95. The maximum atomic E-state index is 14.9. The van der Waals surface area contributed by atoms with E-state index in [-0.39, 0.29) is 21.1 Å². The lowest BCUT2D eigenvalue weighted by molar-refractivity contribution is -0.204. The maximum Gasteiger partial charge on any atom is 0.396 e. The zero-order chi connectivity index (χ0) is 27.8. The topological polar surface area (TPSA) is 111 Å². The van der Waals surface area contributed by atoms with Crippen LogP contribution in [0.3, 0.4) is 0 Å². The van der Waals surface area contributed by atoms with Gasteiger partial charge in [-0.2, -0.15) is 17.6 Å². The van der Waals surface area contributed by atoms with Crippen LogP contribution in [0, 0.1) is 0 Å². The predicted octanol–water partition coefficient (Wildman–Crippen LogP) is 4.99. The molecule has 4 rings (SSSR count). The molecule has 0 radical (unpaired) electrons. The SMILES string of the molecule is COC(=O)c1c(NC(=O)C(F)(F)C(F)(F)C(=O)Nc2sc3c(c2C(=O)OC)CCCC3)sc2c1CCCC2. The molecule has 2 N–H and O–H groups in total. The number of rotatable bonds is 7. The molecule has 0 aliphatic heterocycles. The van der Waals surface area contributed by atoms with Crippen molar-refractivity contribution in [3.8, 4) is 0 Å². The van der Waals surface area contributed by atoms with Crippen LogP contribution in [0.15, 0.2) is 0 Å². The molecule has 2 aromatic rings. The van der Waals surface area contributed by atoms with E-state index >= 15 is 0 Å². The number of esters is 2. The van der Waals surface area contributed by atoms with Gasteiger partial charge in [0.2, 0.25) is 0 Å². The Balaban J connectivity index is 1.60. The molecule has 0 atom stereocenters. The van der Waals surface area contributed by atoms with Crippen molar-refractivity contribution in [3.05, 3.63) is 32.0 Å². The van der Waals surface area contributed by atoms with Gasteiger partial charge in [0.15, 0.2) is 0 Å². The summed E-state index contributed by atoms with van der Waals surface area (Å²) in [4.78, 5) is 50.8. The Bertz CT molecular complexity index is 1210. The molecule has 2 aliphatic rings. The molecular formula is C24H24F4N2O6S2. The number of amides is 2. The van der Waals surface area contributed by atoms with Crippen LogP contribution in [0.1, 0.15) is 67.3 Å². The van der Waals surface area contributed by atoms with Crippen molar-refractivity contribution in [2.24, 2.45) is 0 Å². The molecule has 0 spiro atoms. The summed E-state index contributed by atoms with van der Waals surface area (Å²) in [5, 5.41) is 2.76. The van der Waals surface area contributed by atoms with Crippen LogP contribution >= 0.6 is 22.7 Å². The van der Waals surface area contributed by atoms with E-state index in [0.29, 0.717) is 46.6 Å². The Morgan fingerprint density at radius 1 is 0.658 bits per heavy atom. The fraction of sp³-hybridized carbons (Fsp3) is 0.500. The van der Waals surface area contributed by atoms with E-state index < -0.39 is 35.6 Å². The lowest BCUT2D eigenvalue weighted by Crippen LogP contribution is -2.56. The molecule has 0 bridgehead atoms. The summed E-state index contributed by atoms with van der Waals surface area (Å²) in [6.07, 6.45) is 4.92. The predicted molar refractivity (Wildman–Crippen MR) is 132 cm³/mol. The van der Waals surface area contributed by atoms with Gasteiger partial charge in [-0.3, -0.25) is 9.59 Å². The molecule has 2 amide bonds. The quantitative estimate of drug-likeness (QED) is 0.355. The third kappa shape index (κ3) is 4.79. The van der Waals surface area contributed by atoms with Crippen molar-refractivity contribution >= 4 is 56.4 Å². The first kappa shape index (κ1) is 28.0. The summed E-state index contributed by atoms with van der Waals surface area (Å²) in [5.41, 5.74) is 0.730. The number of carbonyl (C=O) groups is 4.